The third kappa shape index (κ3) is 2.72. The molecule has 0 aliphatic carbocycles. The predicted molar refractivity (Wildman–Crippen MR) is 101 cm³/mol. The van der Waals surface area contributed by atoms with E-state index in [-0.39, 0.29) is 24.1 Å². The molecule has 2 heterocycles. The number of hydrogen-bond acceptors (Lipinski definition) is 6. The van der Waals surface area contributed by atoms with E-state index in [9.17, 15) is 9.59 Å². The van der Waals surface area contributed by atoms with Gasteiger partial charge in [0.2, 0.25) is 5.78 Å². The molecule has 0 fully saturated rings. The quantitative estimate of drug-likeness (QED) is 0.455. The highest BCUT2D eigenvalue weighted by atomic mass is 16.5. The van der Waals surface area contributed by atoms with Crippen LogP contribution in [0.1, 0.15) is 47.7 Å². The van der Waals surface area contributed by atoms with Crippen LogP contribution in [0.2, 0.25) is 0 Å². The average molecular weight is 380 g/mol. The number of rotatable bonds is 3. The summed E-state index contributed by atoms with van der Waals surface area (Å²) in [5, 5.41) is 0. The van der Waals surface area contributed by atoms with Gasteiger partial charge in [-0.3, -0.25) is 9.59 Å². The molecular formula is C22H20O6. The number of ether oxygens (including phenoxy) is 4. The van der Waals surface area contributed by atoms with E-state index in [1.807, 2.05) is 26.0 Å². The lowest BCUT2D eigenvalue weighted by atomic mass is 9.84. The van der Waals surface area contributed by atoms with Gasteiger partial charge in [0, 0.05) is 23.1 Å². The predicted octanol–water partition coefficient (Wildman–Crippen LogP) is 4.01. The van der Waals surface area contributed by atoms with E-state index in [1.165, 1.54) is 0 Å². The van der Waals surface area contributed by atoms with Crippen LogP contribution in [0.3, 0.4) is 0 Å². The number of carbonyl (C=O) groups is 2. The summed E-state index contributed by atoms with van der Waals surface area (Å²) in [5.41, 5.74) is 2.76. The minimum Gasteiger partial charge on any atom is -0.497 e. The van der Waals surface area contributed by atoms with Gasteiger partial charge in [0.25, 0.3) is 0 Å². The number of allylic oxidation sites excluding steroid dienone is 2. The normalized spacial score (nSPS) is 17.4. The van der Waals surface area contributed by atoms with Crippen molar-refractivity contribution in [1.82, 2.24) is 0 Å². The van der Waals surface area contributed by atoms with Crippen molar-refractivity contribution in [1.29, 1.82) is 0 Å². The molecule has 1 atom stereocenters. The summed E-state index contributed by atoms with van der Waals surface area (Å²) >= 11 is 0. The summed E-state index contributed by atoms with van der Waals surface area (Å²) in [5.74, 6) is 1.55. The molecule has 6 nitrogen and oxygen atoms in total. The van der Waals surface area contributed by atoms with Gasteiger partial charge in [-0.2, -0.15) is 0 Å². The van der Waals surface area contributed by atoms with Gasteiger partial charge in [0.1, 0.15) is 23.0 Å². The lowest BCUT2D eigenvalue weighted by molar-refractivity contribution is -0.135. The summed E-state index contributed by atoms with van der Waals surface area (Å²) in [7, 11) is 3.14. The summed E-state index contributed by atoms with van der Waals surface area (Å²) in [6, 6.07) is 8.75. The van der Waals surface area contributed by atoms with Crippen LogP contribution >= 0.6 is 0 Å². The van der Waals surface area contributed by atoms with Crippen LogP contribution < -0.4 is 18.9 Å². The van der Waals surface area contributed by atoms with Crippen molar-refractivity contribution in [3.05, 3.63) is 58.4 Å². The number of methoxy groups -OCH3 is 2. The largest absolute Gasteiger partial charge is 0.497 e. The third-order valence-corrected chi connectivity index (χ3v) is 5.02. The molecule has 0 N–H and O–H groups in total. The molecule has 0 radical (unpaired) electrons. The van der Waals surface area contributed by atoms with Crippen molar-refractivity contribution < 1.29 is 28.5 Å². The van der Waals surface area contributed by atoms with Crippen molar-refractivity contribution in [3.8, 4) is 23.0 Å². The Morgan fingerprint density at radius 1 is 1.04 bits per heavy atom. The molecule has 0 unspecified atom stereocenters. The van der Waals surface area contributed by atoms with Gasteiger partial charge < -0.3 is 18.9 Å². The zero-order valence-corrected chi connectivity index (χ0v) is 16.1. The Hall–Kier alpha value is -3.28. The molecule has 0 spiro atoms. The van der Waals surface area contributed by atoms with Crippen molar-refractivity contribution in [2.45, 2.75) is 26.2 Å². The maximum absolute atomic E-state index is 12.7. The number of fused-ring (bicyclic) bond motifs is 3. The van der Waals surface area contributed by atoms with E-state index >= 15 is 0 Å². The highest BCUT2D eigenvalue weighted by Gasteiger charge is 2.39. The number of hydrogen-bond donors (Lipinski definition) is 0. The van der Waals surface area contributed by atoms with Crippen LogP contribution in [0.15, 0.2) is 41.7 Å². The highest BCUT2D eigenvalue weighted by molar-refractivity contribution is 6.13. The first-order chi connectivity index (χ1) is 13.4. The Bertz CT molecular complexity index is 1030. The van der Waals surface area contributed by atoms with Crippen molar-refractivity contribution in [2.24, 2.45) is 0 Å². The summed E-state index contributed by atoms with van der Waals surface area (Å²) < 4.78 is 22.2. The second-order valence-electron chi connectivity index (χ2n) is 6.95. The fourth-order valence-corrected chi connectivity index (χ4v) is 3.69. The molecule has 4 rings (SSSR count). The third-order valence-electron chi connectivity index (χ3n) is 5.02. The lowest BCUT2D eigenvalue weighted by Crippen LogP contribution is -2.22. The fourth-order valence-electron chi connectivity index (χ4n) is 3.69. The molecule has 2 aromatic rings. The van der Waals surface area contributed by atoms with Gasteiger partial charge in [-0.1, -0.05) is 6.07 Å². The minimum absolute atomic E-state index is 0.119. The van der Waals surface area contributed by atoms with Gasteiger partial charge in [-0.25, -0.2) is 0 Å². The molecule has 0 bridgehead atoms. The van der Waals surface area contributed by atoms with Crippen LogP contribution in [0.25, 0.3) is 0 Å². The smallest absolute Gasteiger partial charge is 0.312 e. The number of carbonyl (C=O) groups excluding carboxylic acids is 2. The van der Waals surface area contributed by atoms with Crippen molar-refractivity contribution >= 4 is 11.8 Å². The number of benzene rings is 2. The Morgan fingerprint density at radius 2 is 1.82 bits per heavy atom. The molecule has 28 heavy (non-hydrogen) atoms. The molecule has 2 aliphatic rings. The van der Waals surface area contributed by atoms with E-state index in [4.69, 9.17) is 18.9 Å². The first-order valence-corrected chi connectivity index (χ1v) is 8.94. The Morgan fingerprint density at radius 3 is 2.50 bits per heavy atom. The molecule has 0 amide bonds. The summed E-state index contributed by atoms with van der Waals surface area (Å²) in [6.07, 6.45) is 0.119. The van der Waals surface area contributed by atoms with Gasteiger partial charge in [-0.15, -0.1) is 0 Å². The van der Waals surface area contributed by atoms with Crippen molar-refractivity contribution in [3.63, 3.8) is 0 Å². The molecule has 0 saturated heterocycles. The molecule has 2 aliphatic heterocycles. The van der Waals surface area contributed by atoms with Gasteiger partial charge in [0.05, 0.1) is 26.2 Å². The first-order valence-electron chi connectivity index (χ1n) is 8.94. The van der Waals surface area contributed by atoms with Gasteiger partial charge in [-0.05, 0) is 37.6 Å². The molecular weight excluding hydrogens is 360 g/mol. The molecule has 2 aromatic carbocycles. The van der Waals surface area contributed by atoms with E-state index in [1.54, 1.807) is 32.4 Å². The van der Waals surface area contributed by atoms with Crippen LogP contribution in [-0.2, 0) is 4.79 Å². The van der Waals surface area contributed by atoms with Gasteiger partial charge in [0.15, 0.2) is 5.76 Å². The van der Waals surface area contributed by atoms with Crippen LogP contribution in [0.4, 0.5) is 0 Å². The highest BCUT2D eigenvalue weighted by Crippen LogP contribution is 2.50. The zero-order valence-electron chi connectivity index (χ0n) is 16.1. The number of ketones is 1. The second kappa shape index (κ2) is 6.71. The lowest BCUT2D eigenvalue weighted by Gasteiger charge is -2.27. The van der Waals surface area contributed by atoms with Crippen LogP contribution in [0, 0.1) is 0 Å². The number of Topliss-reactive ketones (excluding diaryl/α,β-unsaturated/α-hetero) is 1. The maximum atomic E-state index is 12.7. The topological polar surface area (TPSA) is 71.1 Å². The minimum atomic E-state index is -0.364. The maximum Gasteiger partial charge on any atom is 0.312 e. The Labute approximate surface area is 162 Å². The van der Waals surface area contributed by atoms with E-state index < -0.39 is 0 Å². The van der Waals surface area contributed by atoms with Crippen molar-refractivity contribution in [2.75, 3.05) is 14.2 Å². The summed E-state index contributed by atoms with van der Waals surface area (Å²) in [4.78, 5) is 25.0. The molecule has 0 saturated carbocycles. The second-order valence-corrected chi connectivity index (χ2v) is 6.95. The standard InChI is InChI=1S/C22H20O6/c1-11(2)21-20(24)14-7-8-16-19(22(14)28-21)15(10-18(23)27-16)13-6-5-12(25-3)9-17(13)26-4/h5-9,15H,10H2,1-4H3/t15-/m1/s1. The molecule has 144 valence electrons. The Balaban J connectivity index is 1.92. The zero-order chi connectivity index (χ0) is 20.0. The monoisotopic (exact) mass is 380 g/mol. The van der Waals surface area contributed by atoms with E-state index in [2.05, 4.69) is 0 Å². The van der Waals surface area contributed by atoms with E-state index in [0.29, 0.717) is 39.9 Å². The SMILES string of the molecule is COc1ccc([C@H]2CC(=O)Oc3ccc4c(c32)OC(=C(C)C)C4=O)c(OC)c1. The van der Waals surface area contributed by atoms with E-state index in [0.717, 1.165) is 11.1 Å². The fraction of sp³-hybridized carbons (Fsp3) is 0.273. The first kappa shape index (κ1) is 18.1. The Kier molecular flexibility index (Phi) is 4.34. The van der Waals surface area contributed by atoms with Gasteiger partial charge >= 0.3 is 5.97 Å². The summed E-state index contributed by atoms with van der Waals surface area (Å²) in [6.45, 7) is 3.66. The van der Waals surface area contributed by atoms with Crippen LogP contribution in [0.5, 0.6) is 23.0 Å². The average Bonchev–Trinajstić information content (AvgIpc) is 3.03. The molecule has 0 aromatic heterocycles. The number of esters is 1. The van der Waals surface area contributed by atoms with Crippen LogP contribution in [-0.4, -0.2) is 26.0 Å². The molecule has 6 heteroatoms.